The van der Waals surface area contributed by atoms with Crippen molar-refractivity contribution in [3.05, 3.63) is 59.3 Å². The molecule has 0 aliphatic heterocycles. The lowest BCUT2D eigenvalue weighted by atomic mass is 9.99. The predicted octanol–water partition coefficient (Wildman–Crippen LogP) is 2.12. The third-order valence-electron chi connectivity index (χ3n) is 3.04. The van der Waals surface area contributed by atoms with Crippen LogP contribution in [0.3, 0.4) is 0 Å². The molecule has 106 valence electrons. The Morgan fingerprint density at radius 1 is 1.25 bits per heavy atom. The van der Waals surface area contributed by atoms with Crippen LogP contribution in [0.25, 0.3) is 0 Å². The Balaban J connectivity index is 2.34. The van der Waals surface area contributed by atoms with Gasteiger partial charge in [0, 0.05) is 17.3 Å². The van der Waals surface area contributed by atoms with Crippen LogP contribution in [-0.4, -0.2) is 12.1 Å². The maximum absolute atomic E-state index is 13.7. The minimum absolute atomic E-state index is 0.0265. The first kappa shape index (κ1) is 14.4. The molecule has 1 atom stereocenters. The molecule has 0 aliphatic rings. The summed E-state index contributed by atoms with van der Waals surface area (Å²) in [5.41, 5.74) is 3.16. The second-order valence-electron chi connectivity index (χ2n) is 4.23. The maximum Gasteiger partial charge on any atom is 0.217 e. The molecule has 2 aromatic rings. The number of pyridine rings is 1. The van der Waals surface area contributed by atoms with E-state index < -0.39 is 17.7 Å². The summed E-state index contributed by atoms with van der Waals surface area (Å²) in [4.78, 5) is 4.05. The average Bonchev–Trinajstić information content (AvgIpc) is 2.47. The molecule has 4 nitrogen and oxygen atoms in total. The van der Waals surface area contributed by atoms with E-state index in [1.165, 1.54) is 25.3 Å². The van der Waals surface area contributed by atoms with Gasteiger partial charge in [-0.2, -0.15) is 0 Å². The van der Waals surface area contributed by atoms with Crippen molar-refractivity contribution in [1.82, 2.24) is 10.4 Å². The van der Waals surface area contributed by atoms with Crippen molar-refractivity contribution in [2.75, 3.05) is 7.11 Å². The molecule has 0 saturated heterocycles. The topological polar surface area (TPSA) is 60.2 Å². The van der Waals surface area contributed by atoms with Crippen molar-refractivity contribution in [3.8, 4) is 5.88 Å². The van der Waals surface area contributed by atoms with Crippen LogP contribution in [0.15, 0.2) is 36.5 Å². The number of hydrogen-bond donors (Lipinski definition) is 2. The number of halogens is 2. The van der Waals surface area contributed by atoms with Crippen LogP contribution >= 0.6 is 0 Å². The minimum atomic E-state index is -0.604. The molecule has 0 amide bonds. The Morgan fingerprint density at radius 3 is 2.55 bits per heavy atom. The van der Waals surface area contributed by atoms with Gasteiger partial charge in [0.05, 0.1) is 13.2 Å². The molecule has 0 fully saturated rings. The number of nitrogens with one attached hydrogen (secondary N) is 1. The second-order valence-corrected chi connectivity index (χ2v) is 4.23. The van der Waals surface area contributed by atoms with Crippen LogP contribution in [0.5, 0.6) is 5.88 Å². The first-order valence-corrected chi connectivity index (χ1v) is 6.05. The molecule has 1 aromatic heterocycles. The fraction of sp³-hybridized carbons (Fsp3) is 0.214. The molecule has 1 unspecified atom stereocenters. The van der Waals surface area contributed by atoms with E-state index in [0.717, 1.165) is 0 Å². The van der Waals surface area contributed by atoms with Crippen molar-refractivity contribution in [2.24, 2.45) is 5.84 Å². The summed E-state index contributed by atoms with van der Waals surface area (Å²) in [5.74, 6) is 4.66. The molecule has 3 N–H and O–H groups in total. The van der Waals surface area contributed by atoms with Crippen LogP contribution in [-0.2, 0) is 6.42 Å². The summed E-state index contributed by atoms with van der Waals surface area (Å²) in [7, 11) is 1.48. The van der Waals surface area contributed by atoms with Gasteiger partial charge in [0.25, 0.3) is 0 Å². The largest absolute Gasteiger partial charge is 0.481 e. The van der Waals surface area contributed by atoms with Gasteiger partial charge in [-0.15, -0.1) is 0 Å². The lowest BCUT2D eigenvalue weighted by Crippen LogP contribution is -2.30. The van der Waals surface area contributed by atoms with Crippen molar-refractivity contribution in [2.45, 2.75) is 12.5 Å². The highest BCUT2D eigenvalue weighted by atomic mass is 19.1. The molecule has 20 heavy (non-hydrogen) atoms. The van der Waals surface area contributed by atoms with Gasteiger partial charge in [-0.1, -0.05) is 12.1 Å². The van der Waals surface area contributed by atoms with Gasteiger partial charge in [-0.3, -0.25) is 11.3 Å². The highest BCUT2D eigenvalue weighted by Crippen LogP contribution is 2.26. The fourth-order valence-corrected chi connectivity index (χ4v) is 2.03. The zero-order valence-corrected chi connectivity index (χ0v) is 10.9. The van der Waals surface area contributed by atoms with Gasteiger partial charge < -0.3 is 4.74 Å². The number of hydrogen-bond acceptors (Lipinski definition) is 4. The van der Waals surface area contributed by atoms with E-state index in [4.69, 9.17) is 10.6 Å². The minimum Gasteiger partial charge on any atom is -0.481 e. The number of benzene rings is 1. The summed E-state index contributed by atoms with van der Waals surface area (Å²) >= 11 is 0. The standard InChI is InChI=1S/C14H15F2N3O/c1-20-14-9(4-3-7-18-14)13(19-17)8-10-11(15)5-2-6-12(10)16/h2-7,13,19H,8,17H2,1H3. The van der Waals surface area contributed by atoms with Crippen LogP contribution in [0.2, 0.25) is 0 Å². The van der Waals surface area contributed by atoms with Crippen molar-refractivity contribution < 1.29 is 13.5 Å². The molecule has 1 heterocycles. The van der Waals surface area contributed by atoms with Crippen molar-refractivity contribution in [3.63, 3.8) is 0 Å². The molecule has 0 bridgehead atoms. The first-order chi connectivity index (χ1) is 9.67. The van der Waals surface area contributed by atoms with E-state index in [9.17, 15) is 8.78 Å². The van der Waals surface area contributed by atoms with Gasteiger partial charge in [0.1, 0.15) is 11.6 Å². The van der Waals surface area contributed by atoms with Gasteiger partial charge in [0.2, 0.25) is 5.88 Å². The monoisotopic (exact) mass is 279 g/mol. The van der Waals surface area contributed by atoms with Crippen LogP contribution in [0.4, 0.5) is 8.78 Å². The number of ether oxygens (including phenoxy) is 1. The van der Waals surface area contributed by atoms with Gasteiger partial charge in [0.15, 0.2) is 0 Å². The Bertz CT molecular complexity index is 572. The van der Waals surface area contributed by atoms with E-state index in [1.807, 2.05) is 0 Å². The van der Waals surface area contributed by atoms with E-state index >= 15 is 0 Å². The van der Waals surface area contributed by atoms with Crippen LogP contribution in [0, 0.1) is 11.6 Å². The second kappa shape index (κ2) is 6.40. The third kappa shape index (κ3) is 2.92. The third-order valence-corrected chi connectivity index (χ3v) is 3.04. The van der Waals surface area contributed by atoms with Gasteiger partial charge in [-0.05, 0) is 24.6 Å². The quantitative estimate of drug-likeness (QED) is 0.650. The van der Waals surface area contributed by atoms with E-state index in [-0.39, 0.29) is 12.0 Å². The summed E-state index contributed by atoms with van der Waals surface area (Å²) < 4.78 is 32.5. The number of aromatic nitrogens is 1. The number of nitrogens with zero attached hydrogens (tertiary/aromatic N) is 1. The molecule has 6 heteroatoms. The average molecular weight is 279 g/mol. The molecular formula is C14H15F2N3O. The Labute approximate surface area is 115 Å². The SMILES string of the molecule is COc1ncccc1C(Cc1c(F)cccc1F)NN. The van der Waals surface area contributed by atoms with Gasteiger partial charge >= 0.3 is 0 Å². The first-order valence-electron chi connectivity index (χ1n) is 6.05. The van der Waals surface area contributed by atoms with E-state index in [2.05, 4.69) is 10.4 Å². The lowest BCUT2D eigenvalue weighted by Gasteiger charge is -2.18. The zero-order valence-electron chi connectivity index (χ0n) is 10.9. The van der Waals surface area contributed by atoms with Crippen LogP contribution in [0.1, 0.15) is 17.2 Å². The fourth-order valence-electron chi connectivity index (χ4n) is 2.03. The zero-order chi connectivity index (χ0) is 14.5. The summed E-state index contributed by atoms with van der Waals surface area (Å²) in [5, 5.41) is 0. The normalized spacial score (nSPS) is 12.2. The molecule has 1 aromatic carbocycles. The Morgan fingerprint density at radius 2 is 1.95 bits per heavy atom. The number of rotatable bonds is 5. The summed E-state index contributed by atoms with van der Waals surface area (Å²) in [6, 6.07) is 6.70. The molecule has 0 spiro atoms. The van der Waals surface area contributed by atoms with Crippen molar-refractivity contribution in [1.29, 1.82) is 0 Å². The van der Waals surface area contributed by atoms with E-state index in [0.29, 0.717) is 11.4 Å². The molecule has 0 saturated carbocycles. The highest BCUT2D eigenvalue weighted by Gasteiger charge is 2.19. The maximum atomic E-state index is 13.7. The highest BCUT2D eigenvalue weighted by molar-refractivity contribution is 5.31. The van der Waals surface area contributed by atoms with Crippen LogP contribution < -0.4 is 16.0 Å². The summed E-state index contributed by atoms with van der Waals surface area (Å²) in [6.45, 7) is 0. The number of methoxy groups -OCH3 is 1. The van der Waals surface area contributed by atoms with Crippen molar-refractivity contribution >= 4 is 0 Å². The van der Waals surface area contributed by atoms with E-state index in [1.54, 1.807) is 18.3 Å². The number of hydrazine groups is 1. The predicted molar refractivity (Wildman–Crippen MR) is 70.9 cm³/mol. The molecular weight excluding hydrogens is 264 g/mol. The summed E-state index contributed by atoms with van der Waals surface area (Å²) in [6.07, 6.45) is 1.62. The van der Waals surface area contributed by atoms with Gasteiger partial charge in [-0.25, -0.2) is 13.8 Å². The molecule has 0 aliphatic carbocycles. The lowest BCUT2D eigenvalue weighted by molar-refractivity contribution is 0.381. The Kier molecular flexibility index (Phi) is 4.60. The molecule has 2 rings (SSSR count). The smallest absolute Gasteiger partial charge is 0.217 e. The molecule has 0 radical (unpaired) electrons. The Hall–Kier alpha value is -2.05. The number of nitrogens with two attached hydrogens (primary N) is 1.